The van der Waals surface area contributed by atoms with Crippen LogP contribution in [0.1, 0.15) is 22.2 Å². The molecule has 7 heteroatoms. The zero-order chi connectivity index (χ0) is 12.6. The van der Waals surface area contributed by atoms with Gasteiger partial charge in [-0.1, -0.05) is 0 Å². The molecule has 6 nitrogen and oxygen atoms in total. The van der Waals surface area contributed by atoms with Crippen molar-refractivity contribution in [2.45, 2.75) is 13.8 Å². The molecule has 0 amide bonds. The van der Waals surface area contributed by atoms with Crippen molar-refractivity contribution in [1.82, 2.24) is 9.78 Å². The number of hydrogen-bond acceptors (Lipinski definition) is 5. The van der Waals surface area contributed by atoms with Gasteiger partial charge < -0.3 is 0 Å². The van der Waals surface area contributed by atoms with E-state index in [1.54, 1.807) is 12.4 Å². The van der Waals surface area contributed by atoms with Gasteiger partial charge in [0.25, 0.3) is 0 Å². The molecule has 2 heterocycles. The van der Waals surface area contributed by atoms with Crippen molar-refractivity contribution in [2.24, 2.45) is 0 Å². The van der Waals surface area contributed by atoms with Gasteiger partial charge in [0.15, 0.2) is 10.8 Å². The van der Waals surface area contributed by atoms with Crippen molar-refractivity contribution in [1.29, 1.82) is 0 Å². The lowest BCUT2D eigenvalue weighted by Crippen LogP contribution is -1.95. The Morgan fingerprint density at radius 3 is 2.76 bits per heavy atom. The van der Waals surface area contributed by atoms with E-state index in [9.17, 15) is 14.9 Å². The molecule has 0 saturated carbocycles. The van der Waals surface area contributed by atoms with Crippen LogP contribution >= 0.6 is 11.3 Å². The second kappa shape index (κ2) is 4.10. The number of carbonyl (C=O) groups is 1. The number of thiophene rings is 1. The Morgan fingerprint density at radius 2 is 2.29 bits per heavy atom. The number of aryl methyl sites for hydroxylation is 1. The van der Waals surface area contributed by atoms with E-state index < -0.39 is 4.92 Å². The first-order chi connectivity index (χ1) is 7.99. The highest BCUT2D eigenvalue weighted by molar-refractivity contribution is 7.17. The summed E-state index contributed by atoms with van der Waals surface area (Å²) >= 11 is 1.07. The molecule has 0 saturated heterocycles. The highest BCUT2D eigenvalue weighted by Gasteiger charge is 2.22. The van der Waals surface area contributed by atoms with Crippen LogP contribution in [-0.2, 0) is 0 Å². The third-order valence-corrected chi connectivity index (χ3v) is 3.37. The summed E-state index contributed by atoms with van der Waals surface area (Å²) in [6.45, 7) is 3.22. The van der Waals surface area contributed by atoms with Crippen LogP contribution < -0.4 is 0 Å². The van der Waals surface area contributed by atoms with Gasteiger partial charge in [-0.25, -0.2) is 4.68 Å². The van der Waals surface area contributed by atoms with Crippen molar-refractivity contribution < 1.29 is 9.72 Å². The molecule has 0 aliphatic heterocycles. The van der Waals surface area contributed by atoms with Gasteiger partial charge in [0.2, 0.25) is 0 Å². The lowest BCUT2D eigenvalue weighted by Gasteiger charge is -1.95. The van der Waals surface area contributed by atoms with Crippen molar-refractivity contribution in [3.8, 4) is 5.00 Å². The number of ketones is 1. The Hall–Kier alpha value is -2.02. The van der Waals surface area contributed by atoms with Crippen molar-refractivity contribution in [2.75, 3.05) is 0 Å². The summed E-state index contributed by atoms with van der Waals surface area (Å²) < 4.78 is 1.42. The van der Waals surface area contributed by atoms with Crippen molar-refractivity contribution in [3.05, 3.63) is 39.0 Å². The molecule has 0 aliphatic carbocycles. The molecule has 0 atom stereocenters. The molecule has 0 spiro atoms. The molecule has 0 bridgehead atoms. The van der Waals surface area contributed by atoms with Crippen LogP contribution in [0.3, 0.4) is 0 Å². The Labute approximate surface area is 101 Å². The third kappa shape index (κ3) is 2.09. The van der Waals surface area contributed by atoms with E-state index in [-0.39, 0.29) is 11.5 Å². The van der Waals surface area contributed by atoms with E-state index in [4.69, 9.17) is 0 Å². The largest absolute Gasteiger partial charge is 0.306 e. The molecule has 0 fully saturated rings. The number of carbonyl (C=O) groups excluding carboxylic acids is 1. The maximum atomic E-state index is 11.2. The van der Waals surface area contributed by atoms with Gasteiger partial charge in [0.05, 0.1) is 16.0 Å². The fourth-order valence-corrected chi connectivity index (χ4v) is 2.32. The first kappa shape index (κ1) is 11.5. The first-order valence-electron chi connectivity index (χ1n) is 4.80. The van der Waals surface area contributed by atoms with Gasteiger partial charge in [-0.2, -0.15) is 5.10 Å². The van der Waals surface area contributed by atoms with Crippen molar-refractivity contribution >= 4 is 22.8 Å². The Balaban J connectivity index is 2.59. The minimum absolute atomic E-state index is 0.0942. The van der Waals surface area contributed by atoms with Gasteiger partial charge >= 0.3 is 5.69 Å². The summed E-state index contributed by atoms with van der Waals surface area (Å²) in [6.07, 6.45) is 3.29. The number of rotatable bonds is 3. The van der Waals surface area contributed by atoms with Gasteiger partial charge in [-0.15, -0.1) is 11.3 Å². The Bertz CT molecular complexity index is 600. The SMILES string of the molecule is CC(=O)c1cc([N+](=O)[O-])c(-n2cc(C)cn2)s1. The maximum absolute atomic E-state index is 11.2. The van der Waals surface area contributed by atoms with Gasteiger partial charge in [0, 0.05) is 12.3 Å². The molecule has 2 rings (SSSR count). The Morgan fingerprint density at radius 1 is 1.59 bits per heavy atom. The minimum atomic E-state index is -0.505. The van der Waals surface area contributed by atoms with Gasteiger partial charge in [-0.05, 0) is 19.4 Å². The number of hydrogen-bond donors (Lipinski definition) is 0. The highest BCUT2D eigenvalue weighted by Crippen LogP contribution is 2.32. The molecule has 0 N–H and O–H groups in total. The van der Waals surface area contributed by atoms with Crippen LogP contribution in [0.5, 0.6) is 0 Å². The van der Waals surface area contributed by atoms with E-state index in [0.717, 1.165) is 16.9 Å². The van der Waals surface area contributed by atoms with E-state index in [1.165, 1.54) is 17.7 Å². The second-order valence-electron chi connectivity index (χ2n) is 3.58. The fourth-order valence-electron chi connectivity index (χ4n) is 1.36. The van der Waals surface area contributed by atoms with Crippen LogP contribution in [-0.4, -0.2) is 20.5 Å². The smallest absolute Gasteiger partial charge is 0.294 e. The zero-order valence-corrected chi connectivity index (χ0v) is 10.0. The third-order valence-electron chi connectivity index (χ3n) is 2.16. The standard InChI is InChI=1S/C10H9N3O3S/c1-6-4-11-12(5-6)10-8(13(15)16)3-9(17-10)7(2)14/h3-5H,1-2H3. The number of nitrogens with zero attached hydrogens (tertiary/aromatic N) is 3. The second-order valence-corrected chi connectivity index (χ2v) is 4.61. The van der Waals surface area contributed by atoms with E-state index in [2.05, 4.69) is 5.10 Å². The van der Waals surface area contributed by atoms with Crippen LogP contribution in [0.4, 0.5) is 5.69 Å². The van der Waals surface area contributed by atoms with Gasteiger partial charge in [-0.3, -0.25) is 14.9 Å². The molecular weight excluding hydrogens is 242 g/mol. The van der Waals surface area contributed by atoms with Crippen LogP contribution in [0.15, 0.2) is 18.5 Å². The van der Waals surface area contributed by atoms with Crippen LogP contribution in [0.2, 0.25) is 0 Å². The molecule has 2 aromatic heterocycles. The summed E-state index contributed by atoms with van der Waals surface area (Å²) in [7, 11) is 0. The monoisotopic (exact) mass is 251 g/mol. The molecule has 0 aliphatic rings. The Kier molecular flexibility index (Phi) is 2.76. The molecule has 0 unspecified atom stereocenters. The topological polar surface area (TPSA) is 78.0 Å². The van der Waals surface area contributed by atoms with E-state index >= 15 is 0 Å². The summed E-state index contributed by atoms with van der Waals surface area (Å²) in [5.74, 6) is -0.187. The predicted octanol–water partition coefficient (Wildman–Crippen LogP) is 2.35. The van der Waals surface area contributed by atoms with E-state index in [0.29, 0.717) is 9.88 Å². The number of Topliss-reactive ketones (excluding diaryl/α,β-unsaturated/α-hetero) is 1. The average Bonchev–Trinajstić information content (AvgIpc) is 2.82. The molecule has 0 radical (unpaired) electrons. The fraction of sp³-hybridized carbons (Fsp3) is 0.200. The van der Waals surface area contributed by atoms with Crippen molar-refractivity contribution in [3.63, 3.8) is 0 Å². The van der Waals surface area contributed by atoms with Crippen LogP contribution in [0, 0.1) is 17.0 Å². The molecule has 2 aromatic rings. The lowest BCUT2D eigenvalue weighted by atomic mass is 10.3. The highest BCUT2D eigenvalue weighted by atomic mass is 32.1. The molecule has 88 valence electrons. The maximum Gasteiger partial charge on any atom is 0.306 e. The van der Waals surface area contributed by atoms with E-state index in [1.807, 2.05) is 6.92 Å². The lowest BCUT2D eigenvalue weighted by molar-refractivity contribution is -0.384. The molecule has 0 aromatic carbocycles. The first-order valence-corrected chi connectivity index (χ1v) is 5.61. The summed E-state index contributed by atoms with van der Waals surface area (Å²) in [6, 6.07) is 1.29. The predicted molar refractivity (Wildman–Crippen MR) is 62.8 cm³/mol. The molecule has 17 heavy (non-hydrogen) atoms. The van der Waals surface area contributed by atoms with Gasteiger partial charge in [0.1, 0.15) is 0 Å². The van der Waals surface area contributed by atoms with Crippen LogP contribution in [0.25, 0.3) is 5.00 Å². The average molecular weight is 251 g/mol. The minimum Gasteiger partial charge on any atom is -0.294 e. The summed E-state index contributed by atoms with van der Waals surface area (Å²) in [5.41, 5.74) is 0.806. The quantitative estimate of drug-likeness (QED) is 0.476. The number of aromatic nitrogens is 2. The normalized spacial score (nSPS) is 10.5. The zero-order valence-electron chi connectivity index (χ0n) is 9.21. The number of nitro groups is 1. The summed E-state index contributed by atoms with van der Waals surface area (Å²) in [4.78, 5) is 22.0. The summed E-state index contributed by atoms with van der Waals surface area (Å²) in [5, 5.41) is 15.3. The molecular formula is C10H9N3O3S.